The fraction of sp³-hybridized carbons (Fsp3) is 0.455. The molecule has 6 N–H and O–H groups in total. The molecule has 16 heteroatoms. The van der Waals surface area contributed by atoms with Crippen molar-refractivity contribution in [3.8, 4) is 0 Å². The first-order valence-electron chi connectivity index (χ1n) is 11.7. The molecule has 0 amide bonds. The Labute approximate surface area is 220 Å². The number of carbonyl (C=O) groups is 1. The average Bonchev–Trinajstić information content (AvgIpc) is 3.54. The summed E-state index contributed by atoms with van der Waals surface area (Å²) in [6.45, 7) is -0.825. The third-order valence-electron chi connectivity index (χ3n) is 6.44. The topological polar surface area (TPSA) is 204 Å². The predicted octanol–water partition coefficient (Wildman–Crippen LogP) is 0.845. The third kappa shape index (κ3) is 4.98. The van der Waals surface area contributed by atoms with Gasteiger partial charge in [-0.25, -0.2) is 10.1 Å². The number of nitrogen functional groups attached to an aromatic ring is 1. The highest BCUT2D eigenvalue weighted by atomic mass is 32.7. The highest BCUT2D eigenvalue weighted by molar-refractivity contribution is 8.56. The van der Waals surface area contributed by atoms with Gasteiger partial charge in [-0.1, -0.05) is 41.7 Å². The summed E-state index contributed by atoms with van der Waals surface area (Å²) in [7, 11) is 0. The molecule has 2 aliphatic rings. The molecule has 0 spiro atoms. The number of H-pyrrole nitrogens is 1. The minimum Gasteiger partial charge on any atom is -0.457 e. The van der Waals surface area contributed by atoms with Gasteiger partial charge < -0.3 is 29.9 Å². The van der Waals surface area contributed by atoms with Gasteiger partial charge in [0.1, 0.15) is 30.0 Å². The molecule has 38 heavy (non-hydrogen) atoms. The van der Waals surface area contributed by atoms with Crippen molar-refractivity contribution in [2.75, 3.05) is 18.1 Å². The second kappa shape index (κ2) is 10.1. The number of hydrogen-bond acceptors (Lipinski definition) is 12. The molecule has 2 fully saturated rings. The summed E-state index contributed by atoms with van der Waals surface area (Å²) in [5, 5.41) is 24.5. The van der Waals surface area contributed by atoms with Crippen LogP contribution in [0.5, 0.6) is 0 Å². The summed E-state index contributed by atoms with van der Waals surface area (Å²) in [6.07, 6.45) is -3.03. The molecule has 14 nitrogen and oxygen atoms in total. The number of imidazole rings is 1. The highest BCUT2D eigenvalue weighted by Gasteiger charge is 2.54. The molecule has 2 saturated heterocycles. The summed E-state index contributed by atoms with van der Waals surface area (Å²) in [4.78, 5) is 35.1. The summed E-state index contributed by atoms with van der Waals surface area (Å²) >= 11 is 0.937. The first-order chi connectivity index (χ1) is 18.0. The number of aromatic nitrogens is 4. The molecule has 4 heterocycles. The van der Waals surface area contributed by atoms with E-state index in [1.807, 2.05) is 30.3 Å². The summed E-state index contributed by atoms with van der Waals surface area (Å²) in [5.74, 6) is -0.561. The van der Waals surface area contributed by atoms with E-state index in [2.05, 4.69) is 20.0 Å². The quantitative estimate of drug-likeness (QED) is 0.199. The number of ether oxygens (including phenoxy) is 2. The maximum Gasteiger partial charge on any atom is 0.327 e. The maximum absolute atomic E-state index is 13.2. The number of aliphatic hydroxyl groups excluding tert-OH is 1. The van der Waals surface area contributed by atoms with E-state index in [4.69, 9.17) is 19.7 Å². The van der Waals surface area contributed by atoms with E-state index in [0.717, 1.165) is 16.9 Å². The van der Waals surface area contributed by atoms with Gasteiger partial charge in [0.05, 0.1) is 12.9 Å². The van der Waals surface area contributed by atoms with Crippen molar-refractivity contribution in [2.24, 2.45) is 0 Å². The lowest BCUT2D eigenvalue weighted by Gasteiger charge is -2.27. The zero-order chi connectivity index (χ0) is 27.2. The Kier molecular flexibility index (Phi) is 7.11. The van der Waals surface area contributed by atoms with Crippen LogP contribution in [-0.2, 0) is 23.4 Å². The minimum absolute atomic E-state index is 0.0247. The molecule has 0 radical (unpaired) electrons. The van der Waals surface area contributed by atoms with Crippen LogP contribution in [0.25, 0.3) is 11.2 Å². The zero-order valence-electron chi connectivity index (χ0n) is 20.4. The number of nitrogens with two attached hydrogens (primary N) is 1. The van der Waals surface area contributed by atoms with Crippen molar-refractivity contribution in [1.29, 1.82) is 0 Å². The fourth-order valence-corrected chi connectivity index (χ4v) is 8.23. The monoisotopic (exact) mass is 566 g/mol. The number of carbonyl (C=O) groups excluding carboxylic acids is 1. The largest absolute Gasteiger partial charge is 0.457 e. The SMILES string of the molecule is C[C@H](OC(=O)C1CSP(=O)(OC[C@H]2OC(n3cnc4c(=O)[nH]c(N)nc43)[C@](C)(O)[C@@H]2O)N1)c1ccccc1. The van der Waals surface area contributed by atoms with Gasteiger partial charge in [-0.05, 0) is 19.4 Å². The number of anilines is 1. The Morgan fingerprint density at radius 1 is 1.42 bits per heavy atom. The Balaban J connectivity index is 1.23. The van der Waals surface area contributed by atoms with Crippen molar-refractivity contribution in [3.63, 3.8) is 0 Å². The van der Waals surface area contributed by atoms with E-state index in [1.165, 1.54) is 17.8 Å². The molecule has 7 atom stereocenters. The Hall–Kier alpha value is -2.78. The predicted molar refractivity (Wildman–Crippen MR) is 137 cm³/mol. The molecule has 2 aliphatic heterocycles. The van der Waals surface area contributed by atoms with Crippen LogP contribution in [-0.4, -0.2) is 71.9 Å². The van der Waals surface area contributed by atoms with Crippen molar-refractivity contribution in [1.82, 2.24) is 24.6 Å². The molecule has 3 unspecified atom stereocenters. The van der Waals surface area contributed by atoms with Crippen LogP contribution in [0.3, 0.4) is 0 Å². The Bertz CT molecular complexity index is 1450. The number of aliphatic hydroxyl groups is 2. The molecule has 0 aliphatic carbocycles. The number of aromatic amines is 1. The van der Waals surface area contributed by atoms with E-state index in [0.29, 0.717) is 0 Å². The summed E-state index contributed by atoms with van der Waals surface area (Å²) in [6, 6.07) is 8.37. The van der Waals surface area contributed by atoms with Gasteiger partial charge in [0.25, 0.3) is 5.56 Å². The van der Waals surface area contributed by atoms with Crippen LogP contribution in [0.15, 0.2) is 41.5 Å². The van der Waals surface area contributed by atoms with E-state index in [1.54, 1.807) is 6.92 Å². The minimum atomic E-state index is -3.55. The third-order valence-corrected chi connectivity index (χ3v) is 10.5. The number of nitrogens with zero attached hydrogens (tertiary/aromatic N) is 3. The van der Waals surface area contributed by atoms with Gasteiger partial charge in [0.15, 0.2) is 17.4 Å². The summed E-state index contributed by atoms with van der Waals surface area (Å²) in [5.41, 5.74) is 4.07. The smallest absolute Gasteiger partial charge is 0.327 e. The van der Waals surface area contributed by atoms with Crippen molar-refractivity contribution >= 4 is 41.2 Å². The lowest BCUT2D eigenvalue weighted by molar-refractivity contribution is -0.150. The normalized spacial score (nSPS) is 32.0. The molecule has 5 rings (SSSR count). The lowest BCUT2D eigenvalue weighted by atomic mass is 9.96. The van der Waals surface area contributed by atoms with E-state index >= 15 is 0 Å². The molecule has 1 aromatic carbocycles. The highest BCUT2D eigenvalue weighted by Crippen LogP contribution is 2.61. The molecule has 3 aromatic rings. The van der Waals surface area contributed by atoms with Crippen LogP contribution >= 0.6 is 18.1 Å². The maximum atomic E-state index is 13.2. The number of fused-ring (bicyclic) bond motifs is 1. The fourth-order valence-electron chi connectivity index (χ4n) is 4.35. The van der Waals surface area contributed by atoms with E-state index in [-0.39, 0.29) is 29.5 Å². The Morgan fingerprint density at radius 3 is 2.89 bits per heavy atom. The number of nitrogens with one attached hydrogen (secondary N) is 2. The van der Waals surface area contributed by atoms with Gasteiger partial charge >= 0.3 is 12.7 Å². The molecular formula is C22H27N6O8PS. The molecule has 0 bridgehead atoms. The van der Waals surface area contributed by atoms with Crippen LogP contribution in [0.2, 0.25) is 0 Å². The number of hydrogen-bond donors (Lipinski definition) is 5. The standard InChI is InChI=1S/C22H27N6O8PS/c1-11(12-6-4-3-5-7-12)35-19(31)13-9-38-37(33,27-13)34-8-14-16(29)22(2,32)20(36-14)28-10-24-15-17(28)25-21(23)26-18(15)30/h3-7,10-11,13-14,16,20,29,32H,8-9H2,1-2H3,(H,27,33)(H3,23,25,26,30)/t11-,13?,14+,16+,20?,22+,37?/m0/s1. The summed E-state index contributed by atoms with van der Waals surface area (Å²) < 4.78 is 31.5. The van der Waals surface area contributed by atoms with Gasteiger partial charge in [-0.3, -0.25) is 23.7 Å². The number of esters is 1. The van der Waals surface area contributed by atoms with Crippen LogP contribution in [0, 0.1) is 0 Å². The van der Waals surface area contributed by atoms with Gasteiger partial charge in [0.2, 0.25) is 5.95 Å². The van der Waals surface area contributed by atoms with Crippen molar-refractivity contribution < 1.29 is 33.6 Å². The molecule has 0 saturated carbocycles. The van der Waals surface area contributed by atoms with E-state index < -0.39 is 54.4 Å². The average molecular weight is 567 g/mol. The van der Waals surface area contributed by atoms with Crippen LogP contribution in [0.1, 0.15) is 31.7 Å². The molecule has 2 aromatic heterocycles. The lowest BCUT2D eigenvalue weighted by Crippen LogP contribution is -2.44. The van der Waals surface area contributed by atoms with Crippen molar-refractivity contribution in [2.45, 2.75) is 50.0 Å². The first kappa shape index (κ1) is 26.8. The van der Waals surface area contributed by atoms with Crippen LogP contribution in [0.4, 0.5) is 5.95 Å². The Morgan fingerprint density at radius 2 is 2.16 bits per heavy atom. The van der Waals surface area contributed by atoms with Gasteiger partial charge in [0, 0.05) is 5.75 Å². The first-order valence-corrected chi connectivity index (χ1v) is 14.9. The van der Waals surface area contributed by atoms with E-state index in [9.17, 15) is 24.4 Å². The molecular weight excluding hydrogens is 539 g/mol. The van der Waals surface area contributed by atoms with Gasteiger partial charge in [-0.2, -0.15) is 4.98 Å². The second-order valence-electron chi connectivity index (χ2n) is 9.23. The van der Waals surface area contributed by atoms with Crippen LogP contribution < -0.4 is 16.4 Å². The second-order valence-corrected chi connectivity index (χ2v) is 13.6. The number of rotatable bonds is 7. The van der Waals surface area contributed by atoms with Crippen molar-refractivity contribution in [3.05, 3.63) is 52.6 Å². The zero-order valence-corrected chi connectivity index (χ0v) is 22.1. The van der Waals surface area contributed by atoms with Gasteiger partial charge in [-0.15, -0.1) is 0 Å². The molecule has 204 valence electrons. The number of benzene rings is 1.